The smallest absolute Gasteiger partial charge is 0.305 e. The van der Waals surface area contributed by atoms with Gasteiger partial charge in [0, 0.05) is 12.8 Å². The first kappa shape index (κ1) is 81.6. The molecule has 0 saturated carbocycles. The number of hydrogen-bond acceptors (Lipinski definition) is 10. The first-order chi connectivity index (χ1) is 42.2. The van der Waals surface area contributed by atoms with Crippen LogP contribution >= 0.6 is 0 Å². The first-order valence-corrected chi connectivity index (χ1v) is 36.9. The van der Waals surface area contributed by atoms with Crippen molar-refractivity contribution in [2.24, 2.45) is 0 Å². The van der Waals surface area contributed by atoms with Crippen molar-refractivity contribution in [3.8, 4) is 0 Å². The summed E-state index contributed by atoms with van der Waals surface area (Å²) in [6, 6.07) is -0.833. The first-order valence-electron chi connectivity index (χ1n) is 36.9. The van der Waals surface area contributed by atoms with Gasteiger partial charge in [0.25, 0.3) is 0 Å². The maximum absolute atomic E-state index is 13.0. The van der Waals surface area contributed by atoms with Crippen LogP contribution in [0.1, 0.15) is 354 Å². The van der Waals surface area contributed by atoms with Gasteiger partial charge in [0.1, 0.15) is 24.4 Å². The molecule has 1 aliphatic rings. The molecule has 1 heterocycles. The highest BCUT2D eigenvalue weighted by Crippen LogP contribution is 2.23. The number of carbonyl (C=O) groups is 2. The van der Waals surface area contributed by atoms with Crippen LogP contribution in [0, 0.1) is 0 Å². The van der Waals surface area contributed by atoms with E-state index in [0.717, 1.165) is 57.8 Å². The molecule has 1 rings (SSSR count). The van der Waals surface area contributed by atoms with Crippen molar-refractivity contribution < 1.29 is 49.3 Å². The molecule has 1 fully saturated rings. The molecule has 11 nitrogen and oxygen atoms in total. The van der Waals surface area contributed by atoms with Gasteiger partial charge in [-0.25, -0.2) is 0 Å². The maximum atomic E-state index is 13.0. The van der Waals surface area contributed by atoms with Crippen LogP contribution in [0.4, 0.5) is 0 Å². The molecule has 0 bridgehead atoms. The van der Waals surface area contributed by atoms with E-state index in [4.69, 9.17) is 14.2 Å². The molecule has 7 atom stereocenters. The second-order valence-electron chi connectivity index (χ2n) is 25.6. The minimum atomic E-state index is -1.58. The van der Waals surface area contributed by atoms with Gasteiger partial charge in [0.05, 0.1) is 32.0 Å². The molecule has 7 unspecified atom stereocenters. The Morgan fingerprint density at radius 2 is 0.802 bits per heavy atom. The summed E-state index contributed by atoms with van der Waals surface area (Å²) in [4.78, 5) is 25.1. The lowest BCUT2D eigenvalue weighted by molar-refractivity contribution is -0.302. The number of allylic oxidation sites excluding steroid dienone is 7. The van der Waals surface area contributed by atoms with Crippen molar-refractivity contribution in [3.05, 3.63) is 48.6 Å². The third kappa shape index (κ3) is 52.4. The Hall–Kier alpha value is -2.38. The van der Waals surface area contributed by atoms with Gasteiger partial charge >= 0.3 is 5.97 Å². The summed E-state index contributed by atoms with van der Waals surface area (Å²) in [5.41, 5.74) is 0. The summed E-state index contributed by atoms with van der Waals surface area (Å²) in [7, 11) is 0. The molecule has 1 saturated heterocycles. The minimum absolute atomic E-state index is 0.0134. The van der Waals surface area contributed by atoms with E-state index in [9.17, 15) is 35.1 Å². The van der Waals surface area contributed by atoms with E-state index >= 15 is 0 Å². The number of esters is 1. The number of aliphatic hydroxyl groups excluding tert-OH is 5. The fraction of sp³-hybridized carbons (Fsp3) is 0.867. The lowest BCUT2D eigenvalue weighted by Crippen LogP contribution is -2.60. The number of nitrogens with one attached hydrogen (secondary N) is 1. The van der Waals surface area contributed by atoms with Gasteiger partial charge in [-0.3, -0.25) is 9.59 Å². The highest BCUT2D eigenvalue weighted by atomic mass is 16.7. The van der Waals surface area contributed by atoms with E-state index in [-0.39, 0.29) is 18.5 Å². The Labute approximate surface area is 529 Å². The Kier molecular flexibility index (Phi) is 60.9. The summed E-state index contributed by atoms with van der Waals surface area (Å²) in [6.45, 7) is 4.13. The largest absolute Gasteiger partial charge is 0.466 e. The molecule has 0 spiro atoms. The van der Waals surface area contributed by atoms with Gasteiger partial charge in [0.15, 0.2) is 6.29 Å². The van der Waals surface area contributed by atoms with E-state index in [1.54, 1.807) is 6.08 Å². The predicted octanol–water partition coefficient (Wildman–Crippen LogP) is 19.1. The van der Waals surface area contributed by atoms with Crippen LogP contribution in [0.15, 0.2) is 48.6 Å². The van der Waals surface area contributed by atoms with E-state index in [2.05, 4.69) is 42.6 Å². The molecule has 504 valence electrons. The molecule has 1 aliphatic heterocycles. The second kappa shape index (κ2) is 64.2. The third-order valence-corrected chi connectivity index (χ3v) is 17.5. The normalized spacial score (nSPS) is 18.2. The summed E-state index contributed by atoms with van der Waals surface area (Å²) in [5.74, 6) is -0.184. The lowest BCUT2D eigenvalue weighted by atomic mass is 9.99. The van der Waals surface area contributed by atoms with Gasteiger partial charge < -0.3 is 45.1 Å². The molecular formula is C75H139NO10. The number of amides is 1. The summed E-state index contributed by atoms with van der Waals surface area (Å²) < 4.78 is 16.7. The topological polar surface area (TPSA) is 175 Å². The lowest BCUT2D eigenvalue weighted by Gasteiger charge is -2.40. The van der Waals surface area contributed by atoms with Crippen LogP contribution in [0.5, 0.6) is 0 Å². The Bertz CT molecular complexity index is 1570. The average Bonchev–Trinajstić information content (AvgIpc) is 3.48. The second-order valence-corrected chi connectivity index (χ2v) is 25.6. The highest BCUT2D eigenvalue weighted by molar-refractivity contribution is 5.76. The SMILES string of the molecule is C/C=C/CC/C=C/CC/C=C/C(O)C(COC1OC(CO)C(O)C(O)C1O)NC(=O)CCCCCCCCCCCCCCCC/C=C\CCCCCCCCCCCCCCOC(=O)CCCCCCCCCCCCCCCCCCCCC. The quantitative estimate of drug-likeness (QED) is 0.0195. The van der Waals surface area contributed by atoms with Gasteiger partial charge in [-0.05, 0) is 77.6 Å². The van der Waals surface area contributed by atoms with E-state index in [0.29, 0.717) is 19.4 Å². The van der Waals surface area contributed by atoms with Crippen molar-refractivity contribution >= 4 is 11.9 Å². The van der Waals surface area contributed by atoms with Crippen molar-refractivity contribution in [2.75, 3.05) is 19.8 Å². The van der Waals surface area contributed by atoms with Crippen LogP contribution < -0.4 is 5.32 Å². The monoisotopic (exact) mass is 1210 g/mol. The molecule has 0 aliphatic carbocycles. The maximum Gasteiger partial charge on any atom is 0.305 e. The number of aliphatic hydroxyl groups is 5. The van der Waals surface area contributed by atoms with Gasteiger partial charge in [-0.2, -0.15) is 0 Å². The Morgan fingerprint density at radius 1 is 0.442 bits per heavy atom. The molecule has 6 N–H and O–H groups in total. The van der Waals surface area contributed by atoms with E-state index in [1.165, 1.54) is 270 Å². The third-order valence-electron chi connectivity index (χ3n) is 17.5. The van der Waals surface area contributed by atoms with Crippen LogP contribution in [-0.4, -0.2) is 100 Å². The molecule has 0 radical (unpaired) electrons. The van der Waals surface area contributed by atoms with Crippen molar-refractivity contribution in [1.82, 2.24) is 5.32 Å². The summed E-state index contributed by atoms with van der Waals surface area (Å²) >= 11 is 0. The van der Waals surface area contributed by atoms with E-state index in [1.807, 2.05) is 19.1 Å². The number of unbranched alkanes of at least 4 members (excludes halogenated alkanes) is 46. The zero-order valence-corrected chi connectivity index (χ0v) is 56.0. The zero-order chi connectivity index (χ0) is 62.3. The fourth-order valence-electron chi connectivity index (χ4n) is 11.7. The van der Waals surface area contributed by atoms with Crippen LogP contribution in [0.2, 0.25) is 0 Å². The Morgan fingerprint density at radius 3 is 1.22 bits per heavy atom. The standard InChI is InChI=1S/C75H139NO10/c1-3-5-7-9-11-13-14-15-16-17-30-34-37-40-43-47-51-55-59-63-71(80)84-64-60-56-52-48-44-41-38-35-32-29-27-25-23-21-19-18-20-22-24-26-28-31-33-36-39-42-46-50-54-58-62-70(79)76-67(68(78)61-57-53-49-45-12-10-8-6-4-2)66-85-75-74(83)73(82)72(81)69(65-77)86-75/h4,6,12,19,21,45,57,61,67-69,72-75,77-78,81-83H,3,5,7-11,13-18,20,22-44,46-56,58-60,62-66H2,1-2H3,(H,76,79)/b6-4+,21-19-,45-12+,61-57+. The molecule has 0 aromatic heterocycles. The summed E-state index contributed by atoms with van der Waals surface area (Å²) in [5, 5.41) is 54.2. The number of carbonyl (C=O) groups excluding carboxylic acids is 2. The van der Waals surface area contributed by atoms with E-state index < -0.39 is 49.5 Å². The highest BCUT2D eigenvalue weighted by Gasteiger charge is 2.44. The van der Waals surface area contributed by atoms with Crippen LogP contribution in [0.25, 0.3) is 0 Å². The van der Waals surface area contributed by atoms with Gasteiger partial charge in [-0.1, -0.05) is 312 Å². The molecule has 1 amide bonds. The predicted molar refractivity (Wildman–Crippen MR) is 361 cm³/mol. The van der Waals surface area contributed by atoms with Crippen LogP contribution in [-0.2, 0) is 23.8 Å². The number of rotatable bonds is 65. The average molecular weight is 1210 g/mol. The molecule has 86 heavy (non-hydrogen) atoms. The fourth-order valence-corrected chi connectivity index (χ4v) is 11.7. The van der Waals surface area contributed by atoms with Crippen LogP contribution in [0.3, 0.4) is 0 Å². The van der Waals surface area contributed by atoms with Gasteiger partial charge in [0.2, 0.25) is 5.91 Å². The number of hydrogen-bond donors (Lipinski definition) is 6. The zero-order valence-electron chi connectivity index (χ0n) is 56.0. The van der Waals surface area contributed by atoms with Crippen molar-refractivity contribution in [3.63, 3.8) is 0 Å². The Balaban J connectivity index is 1.89. The molecule has 11 heteroatoms. The minimum Gasteiger partial charge on any atom is -0.466 e. The molecule has 0 aromatic carbocycles. The van der Waals surface area contributed by atoms with Crippen molar-refractivity contribution in [1.29, 1.82) is 0 Å². The van der Waals surface area contributed by atoms with Crippen molar-refractivity contribution in [2.45, 2.75) is 397 Å². The molecular weight excluding hydrogens is 1070 g/mol. The molecule has 0 aromatic rings. The summed E-state index contributed by atoms with van der Waals surface area (Å²) in [6.07, 6.45) is 74.5. The van der Waals surface area contributed by atoms with Gasteiger partial charge in [-0.15, -0.1) is 0 Å². The number of ether oxygens (including phenoxy) is 3.